The lowest BCUT2D eigenvalue weighted by atomic mass is 9.86. The quantitative estimate of drug-likeness (QED) is 0.585. The van der Waals surface area contributed by atoms with Crippen LogP contribution in [0.15, 0.2) is 48.5 Å². The minimum atomic E-state index is -0.0381. The molecule has 4 heteroatoms. The van der Waals surface area contributed by atoms with Gasteiger partial charge in [-0.25, -0.2) is 0 Å². The molecule has 0 aliphatic heterocycles. The van der Waals surface area contributed by atoms with Crippen molar-refractivity contribution in [2.24, 2.45) is 0 Å². The van der Waals surface area contributed by atoms with Crippen LogP contribution in [0.5, 0.6) is 0 Å². The predicted octanol–water partition coefficient (Wildman–Crippen LogP) is 5.15. The normalized spacial score (nSPS) is 15.3. The van der Waals surface area contributed by atoms with Crippen LogP contribution in [0.1, 0.15) is 62.6 Å². The molecule has 1 aliphatic rings. The molecule has 1 atom stereocenters. The highest BCUT2D eigenvalue weighted by Crippen LogP contribution is 2.30. The third-order valence-corrected chi connectivity index (χ3v) is 6.04. The number of unbranched alkanes of at least 4 members (excludes halogenated alkanes) is 2. The Labute approximate surface area is 180 Å². The van der Waals surface area contributed by atoms with Crippen molar-refractivity contribution < 1.29 is 9.59 Å². The molecule has 0 saturated heterocycles. The van der Waals surface area contributed by atoms with Gasteiger partial charge in [0.25, 0.3) is 0 Å². The fourth-order valence-electron chi connectivity index (χ4n) is 4.51. The predicted molar refractivity (Wildman–Crippen MR) is 123 cm³/mol. The molecule has 2 amide bonds. The van der Waals surface area contributed by atoms with Crippen LogP contribution in [0.4, 0.5) is 5.69 Å². The van der Waals surface area contributed by atoms with E-state index in [9.17, 15) is 9.59 Å². The Morgan fingerprint density at radius 1 is 1.03 bits per heavy atom. The maximum Gasteiger partial charge on any atom is 0.222 e. The van der Waals surface area contributed by atoms with E-state index < -0.39 is 0 Å². The van der Waals surface area contributed by atoms with Gasteiger partial charge in [0.1, 0.15) is 0 Å². The van der Waals surface area contributed by atoms with E-state index in [1.165, 1.54) is 16.7 Å². The zero-order chi connectivity index (χ0) is 21.3. The van der Waals surface area contributed by atoms with Gasteiger partial charge in [0.2, 0.25) is 11.8 Å². The first-order valence-corrected chi connectivity index (χ1v) is 11.3. The lowest BCUT2D eigenvalue weighted by Gasteiger charge is -2.36. The Bertz CT molecular complexity index is 847. The minimum Gasteiger partial charge on any atom is -0.339 e. The Balaban J connectivity index is 1.57. The van der Waals surface area contributed by atoms with Crippen molar-refractivity contribution in [3.05, 3.63) is 65.2 Å². The third kappa shape index (κ3) is 5.94. The standard InChI is InChI=1S/C26H34N2O2/c1-3-26(30)28(18-9-5-8-13-21-11-6-4-7-12-21)23-16-17-24-22(19-23)14-10-15-25(24)27-20(2)29/h4,6-7,10-12,14-15,23H,3,5,8-9,13,16-19H2,1-2H3,(H,27,29). The Morgan fingerprint density at radius 2 is 1.83 bits per heavy atom. The van der Waals surface area contributed by atoms with Crippen LogP contribution in [0.25, 0.3) is 0 Å². The molecule has 0 radical (unpaired) electrons. The number of fused-ring (bicyclic) bond motifs is 1. The van der Waals surface area contributed by atoms with Crippen LogP contribution in [-0.2, 0) is 28.9 Å². The summed E-state index contributed by atoms with van der Waals surface area (Å²) in [4.78, 5) is 26.3. The van der Waals surface area contributed by atoms with Gasteiger partial charge >= 0.3 is 0 Å². The highest BCUT2D eigenvalue weighted by molar-refractivity contribution is 5.89. The summed E-state index contributed by atoms with van der Waals surface area (Å²) in [6.07, 6.45) is 7.73. The molecular weight excluding hydrogens is 372 g/mol. The maximum atomic E-state index is 12.7. The molecule has 30 heavy (non-hydrogen) atoms. The van der Waals surface area contributed by atoms with Gasteiger partial charge < -0.3 is 10.2 Å². The molecule has 0 heterocycles. The number of carbonyl (C=O) groups is 2. The molecule has 1 aliphatic carbocycles. The van der Waals surface area contributed by atoms with E-state index in [4.69, 9.17) is 0 Å². The topological polar surface area (TPSA) is 49.4 Å². The number of hydrogen-bond acceptors (Lipinski definition) is 2. The lowest BCUT2D eigenvalue weighted by Crippen LogP contribution is -2.43. The van der Waals surface area contributed by atoms with Gasteiger partial charge in [-0.2, -0.15) is 0 Å². The van der Waals surface area contributed by atoms with E-state index >= 15 is 0 Å². The molecule has 160 valence electrons. The number of aryl methyl sites for hydroxylation is 1. The van der Waals surface area contributed by atoms with Crippen LogP contribution in [0.3, 0.4) is 0 Å². The fraction of sp³-hybridized carbons (Fsp3) is 0.462. The molecule has 2 aromatic rings. The molecule has 0 spiro atoms. The number of nitrogens with zero attached hydrogens (tertiary/aromatic N) is 1. The van der Waals surface area contributed by atoms with E-state index in [2.05, 4.69) is 46.6 Å². The molecular formula is C26H34N2O2. The highest BCUT2D eigenvalue weighted by atomic mass is 16.2. The van der Waals surface area contributed by atoms with E-state index in [0.29, 0.717) is 6.42 Å². The smallest absolute Gasteiger partial charge is 0.222 e. The van der Waals surface area contributed by atoms with Crippen LogP contribution >= 0.6 is 0 Å². The molecule has 0 bridgehead atoms. The number of anilines is 1. The minimum absolute atomic E-state index is 0.0381. The van der Waals surface area contributed by atoms with Gasteiger partial charge in [-0.1, -0.05) is 55.8 Å². The molecule has 4 nitrogen and oxygen atoms in total. The summed E-state index contributed by atoms with van der Waals surface area (Å²) < 4.78 is 0. The number of benzene rings is 2. The van der Waals surface area contributed by atoms with Crippen molar-refractivity contribution >= 4 is 17.5 Å². The largest absolute Gasteiger partial charge is 0.339 e. The molecule has 0 fully saturated rings. The first-order valence-electron chi connectivity index (χ1n) is 11.3. The van der Waals surface area contributed by atoms with Gasteiger partial charge in [0.05, 0.1) is 0 Å². The molecule has 0 aromatic heterocycles. The Hall–Kier alpha value is -2.62. The third-order valence-electron chi connectivity index (χ3n) is 6.04. The van der Waals surface area contributed by atoms with Gasteiger partial charge in [0, 0.05) is 31.6 Å². The Morgan fingerprint density at radius 3 is 2.57 bits per heavy atom. The van der Waals surface area contributed by atoms with Crippen molar-refractivity contribution in [3.8, 4) is 0 Å². The molecule has 3 rings (SSSR count). The molecule has 1 unspecified atom stereocenters. The SMILES string of the molecule is CCC(=O)N(CCCCCc1ccccc1)C1CCc2c(cccc2NC(C)=O)C1. The van der Waals surface area contributed by atoms with E-state index in [1.54, 1.807) is 6.92 Å². The van der Waals surface area contributed by atoms with E-state index in [1.807, 2.05) is 19.1 Å². The van der Waals surface area contributed by atoms with Crippen molar-refractivity contribution in [1.29, 1.82) is 0 Å². The highest BCUT2D eigenvalue weighted by Gasteiger charge is 2.27. The number of rotatable bonds is 9. The maximum absolute atomic E-state index is 12.7. The summed E-state index contributed by atoms with van der Waals surface area (Å²) in [5.41, 5.74) is 4.80. The Kier molecular flexibility index (Phi) is 8.06. The average Bonchev–Trinajstić information content (AvgIpc) is 2.76. The van der Waals surface area contributed by atoms with Crippen LogP contribution in [-0.4, -0.2) is 29.3 Å². The van der Waals surface area contributed by atoms with Crippen molar-refractivity contribution in [3.63, 3.8) is 0 Å². The summed E-state index contributed by atoms with van der Waals surface area (Å²) in [6.45, 7) is 4.34. The van der Waals surface area contributed by atoms with Gasteiger partial charge in [-0.15, -0.1) is 0 Å². The summed E-state index contributed by atoms with van der Waals surface area (Å²) >= 11 is 0. The molecule has 1 N–H and O–H groups in total. The van der Waals surface area contributed by atoms with Crippen molar-refractivity contribution in [2.75, 3.05) is 11.9 Å². The average molecular weight is 407 g/mol. The molecule has 0 saturated carbocycles. The summed E-state index contributed by atoms with van der Waals surface area (Å²) in [5.74, 6) is 0.216. The zero-order valence-corrected chi connectivity index (χ0v) is 18.3. The summed E-state index contributed by atoms with van der Waals surface area (Å²) in [7, 11) is 0. The first-order chi connectivity index (χ1) is 14.6. The number of hydrogen-bond donors (Lipinski definition) is 1. The van der Waals surface area contributed by atoms with E-state index in [0.717, 1.165) is 57.2 Å². The van der Waals surface area contributed by atoms with Gasteiger partial charge in [0.15, 0.2) is 0 Å². The van der Waals surface area contributed by atoms with Crippen molar-refractivity contribution in [1.82, 2.24) is 4.90 Å². The van der Waals surface area contributed by atoms with Gasteiger partial charge in [-0.3, -0.25) is 9.59 Å². The van der Waals surface area contributed by atoms with Crippen LogP contribution in [0.2, 0.25) is 0 Å². The number of nitrogens with one attached hydrogen (secondary N) is 1. The number of amides is 2. The zero-order valence-electron chi connectivity index (χ0n) is 18.3. The summed E-state index contributed by atoms with van der Waals surface area (Å²) in [6, 6.07) is 17.0. The van der Waals surface area contributed by atoms with Crippen LogP contribution in [0, 0.1) is 0 Å². The van der Waals surface area contributed by atoms with Gasteiger partial charge in [-0.05, 0) is 61.3 Å². The van der Waals surface area contributed by atoms with Crippen LogP contribution < -0.4 is 5.32 Å². The first kappa shape index (κ1) is 22.1. The number of carbonyl (C=O) groups excluding carboxylic acids is 2. The fourth-order valence-corrected chi connectivity index (χ4v) is 4.51. The second-order valence-corrected chi connectivity index (χ2v) is 8.26. The lowest BCUT2D eigenvalue weighted by molar-refractivity contribution is -0.133. The monoisotopic (exact) mass is 406 g/mol. The second kappa shape index (κ2) is 11.0. The van der Waals surface area contributed by atoms with Crippen molar-refractivity contribution in [2.45, 2.75) is 71.3 Å². The van der Waals surface area contributed by atoms with E-state index in [-0.39, 0.29) is 17.9 Å². The second-order valence-electron chi connectivity index (χ2n) is 8.26. The summed E-state index contributed by atoms with van der Waals surface area (Å²) in [5, 5.41) is 2.95. The molecule has 2 aromatic carbocycles.